The smallest absolute Gasteiger partial charge is 0.0653 e. The Labute approximate surface area is 174 Å². The van der Waals surface area contributed by atoms with Gasteiger partial charge in [-0.1, -0.05) is 58.8 Å². The van der Waals surface area contributed by atoms with E-state index in [1.807, 2.05) is 0 Å². The van der Waals surface area contributed by atoms with E-state index in [1.165, 1.54) is 57.8 Å². The third-order valence-electron chi connectivity index (χ3n) is 9.87. The number of aliphatic hydroxyl groups is 1. The predicted octanol–water partition coefficient (Wildman–Crippen LogP) is 7.31. The van der Waals surface area contributed by atoms with Crippen molar-refractivity contribution in [2.24, 2.45) is 40.4 Å². The van der Waals surface area contributed by atoms with Crippen LogP contribution in [0.5, 0.6) is 0 Å². The minimum atomic E-state index is -0.488. The Morgan fingerprint density at radius 1 is 1.14 bits per heavy atom. The van der Waals surface area contributed by atoms with Crippen LogP contribution >= 0.6 is 0 Å². The lowest BCUT2D eigenvalue weighted by Gasteiger charge is -2.58. The Morgan fingerprint density at radius 2 is 1.93 bits per heavy atom. The number of allylic oxidation sites excluding steroid dienone is 4. The molecule has 1 heteroatoms. The Morgan fingerprint density at radius 3 is 2.68 bits per heavy atom. The molecule has 2 saturated carbocycles. The summed E-state index contributed by atoms with van der Waals surface area (Å²) in [4.78, 5) is 0. The third-order valence-corrected chi connectivity index (χ3v) is 9.87. The molecule has 158 valence electrons. The minimum absolute atomic E-state index is 0.342. The second kappa shape index (κ2) is 7.29. The van der Waals surface area contributed by atoms with Crippen LogP contribution in [0.3, 0.4) is 0 Å². The van der Waals surface area contributed by atoms with E-state index in [9.17, 15) is 5.11 Å². The summed E-state index contributed by atoms with van der Waals surface area (Å²) in [6.07, 6.45) is 20.0. The molecular formula is C27H44O. The number of hydrogen-bond donors (Lipinski definition) is 1. The molecular weight excluding hydrogens is 340 g/mol. The molecule has 4 aliphatic carbocycles. The Hall–Kier alpha value is -0.560. The van der Waals surface area contributed by atoms with E-state index >= 15 is 0 Å². The first-order valence-electron chi connectivity index (χ1n) is 12.3. The summed E-state index contributed by atoms with van der Waals surface area (Å²) in [6, 6.07) is 0. The summed E-state index contributed by atoms with van der Waals surface area (Å²) in [5, 5.41) is 11.5. The Balaban J connectivity index is 1.54. The second-order valence-electron chi connectivity index (χ2n) is 11.9. The van der Waals surface area contributed by atoms with Gasteiger partial charge in [-0.05, 0) is 104 Å². The molecule has 0 saturated heterocycles. The van der Waals surface area contributed by atoms with E-state index in [-0.39, 0.29) is 0 Å². The van der Waals surface area contributed by atoms with Crippen molar-refractivity contribution in [2.45, 2.75) is 104 Å². The molecule has 0 aromatic rings. The molecule has 0 amide bonds. The van der Waals surface area contributed by atoms with E-state index in [2.05, 4.69) is 52.8 Å². The van der Waals surface area contributed by atoms with Crippen molar-refractivity contribution in [3.05, 3.63) is 23.8 Å². The van der Waals surface area contributed by atoms with Gasteiger partial charge in [0, 0.05) is 0 Å². The fraction of sp³-hybridized carbons (Fsp3) is 0.852. The van der Waals surface area contributed by atoms with Gasteiger partial charge in [-0.15, -0.1) is 0 Å². The summed E-state index contributed by atoms with van der Waals surface area (Å²) in [5.74, 6) is 3.75. The molecule has 28 heavy (non-hydrogen) atoms. The first kappa shape index (κ1) is 20.7. The fourth-order valence-electron chi connectivity index (χ4n) is 8.36. The standard InChI is InChI=1S/C27H44O/c1-19(2)9-8-17-27(5,28)24-14-13-22-21-12-11-20-10-6-7-16-25(20,3)23(21)15-18-26(22,24)4/h6,10-11,19,21-24,28H,7-9,12-18H2,1-5H3/t21?,22?,23?,24-,25-,26-,27-/m0/s1. The first-order chi connectivity index (χ1) is 13.2. The number of rotatable bonds is 5. The lowest BCUT2D eigenvalue weighted by atomic mass is 9.47. The Kier molecular flexibility index (Phi) is 5.39. The van der Waals surface area contributed by atoms with Gasteiger partial charge in [0.2, 0.25) is 0 Å². The van der Waals surface area contributed by atoms with Crippen LogP contribution in [-0.4, -0.2) is 10.7 Å². The van der Waals surface area contributed by atoms with Crippen molar-refractivity contribution >= 4 is 0 Å². The van der Waals surface area contributed by atoms with Crippen molar-refractivity contribution < 1.29 is 5.11 Å². The third kappa shape index (κ3) is 3.24. The lowest BCUT2D eigenvalue weighted by molar-refractivity contribution is -0.102. The molecule has 0 aromatic heterocycles. The average molecular weight is 385 g/mol. The molecule has 4 rings (SSSR count). The van der Waals surface area contributed by atoms with Gasteiger partial charge in [-0.2, -0.15) is 0 Å². The summed E-state index contributed by atoms with van der Waals surface area (Å²) in [5.41, 5.74) is 1.91. The van der Waals surface area contributed by atoms with Gasteiger partial charge >= 0.3 is 0 Å². The molecule has 1 nitrogen and oxygen atoms in total. The molecule has 2 fully saturated rings. The van der Waals surface area contributed by atoms with Crippen LogP contribution in [0.25, 0.3) is 0 Å². The highest BCUT2D eigenvalue weighted by Crippen LogP contribution is 2.67. The first-order valence-corrected chi connectivity index (χ1v) is 12.3. The van der Waals surface area contributed by atoms with Gasteiger partial charge in [-0.25, -0.2) is 0 Å². The van der Waals surface area contributed by atoms with Crippen LogP contribution in [-0.2, 0) is 0 Å². The van der Waals surface area contributed by atoms with Crippen LogP contribution in [0.15, 0.2) is 23.8 Å². The van der Waals surface area contributed by atoms with Crippen LogP contribution < -0.4 is 0 Å². The lowest BCUT2D eigenvalue weighted by Crippen LogP contribution is -2.52. The molecule has 0 bridgehead atoms. The number of hydrogen-bond acceptors (Lipinski definition) is 1. The topological polar surface area (TPSA) is 20.2 Å². The monoisotopic (exact) mass is 384 g/mol. The predicted molar refractivity (Wildman–Crippen MR) is 119 cm³/mol. The normalized spacial score (nSPS) is 44.5. The summed E-state index contributed by atoms with van der Waals surface area (Å²) in [6.45, 7) is 11.9. The van der Waals surface area contributed by atoms with Crippen molar-refractivity contribution in [1.29, 1.82) is 0 Å². The minimum Gasteiger partial charge on any atom is -0.390 e. The van der Waals surface area contributed by atoms with E-state index in [4.69, 9.17) is 0 Å². The van der Waals surface area contributed by atoms with Gasteiger partial charge in [0.15, 0.2) is 0 Å². The zero-order valence-electron chi connectivity index (χ0n) is 19.1. The van der Waals surface area contributed by atoms with E-state index < -0.39 is 5.60 Å². The van der Waals surface area contributed by atoms with Gasteiger partial charge in [0.25, 0.3) is 0 Å². The van der Waals surface area contributed by atoms with Crippen LogP contribution in [0.2, 0.25) is 0 Å². The average Bonchev–Trinajstić information content (AvgIpc) is 2.99. The van der Waals surface area contributed by atoms with Gasteiger partial charge < -0.3 is 5.11 Å². The summed E-state index contributed by atoms with van der Waals surface area (Å²) < 4.78 is 0. The zero-order valence-corrected chi connectivity index (χ0v) is 19.1. The molecule has 7 atom stereocenters. The number of fused-ring (bicyclic) bond motifs is 5. The van der Waals surface area contributed by atoms with Gasteiger partial charge in [0.05, 0.1) is 5.60 Å². The van der Waals surface area contributed by atoms with Crippen LogP contribution in [0, 0.1) is 40.4 Å². The van der Waals surface area contributed by atoms with Crippen LogP contribution in [0.1, 0.15) is 98.8 Å². The fourth-order valence-corrected chi connectivity index (χ4v) is 8.36. The van der Waals surface area contributed by atoms with Gasteiger partial charge in [-0.3, -0.25) is 0 Å². The maximum absolute atomic E-state index is 11.5. The van der Waals surface area contributed by atoms with Crippen molar-refractivity contribution in [1.82, 2.24) is 0 Å². The quantitative estimate of drug-likeness (QED) is 0.527. The summed E-state index contributed by atoms with van der Waals surface area (Å²) >= 11 is 0. The van der Waals surface area contributed by atoms with Crippen molar-refractivity contribution in [3.8, 4) is 0 Å². The Bertz CT molecular complexity index is 641. The van der Waals surface area contributed by atoms with Crippen LogP contribution in [0.4, 0.5) is 0 Å². The molecule has 4 aliphatic rings. The van der Waals surface area contributed by atoms with Gasteiger partial charge in [0.1, 0.15) is 0 Å². The molecule has 0 aromatic carbocycles. The highest BCUT2D eigenvalue weighted by Gasteiger charge is 2.60. The van der Waals surface area contributed by atoms with Crippen molar-refractivity contribution in [2.75, 3.05) is 0 Å². The molecule has 0 aliphatic heterocycles. The summed E-state index contributed by atoms with van der Waals surface area (Å²) in [7, 11) is 0. The molecule has 3 unspecified atom stereocenters. The van der Waals surface area contributed by atoms with Crippen molar-refractivity contribution in [3.63, 3.8) is 0 Å². The largest absolute Gasteiger partial charge is 0.390 e. The molecule has 0 heterocycles. The van der Waals surface area contributed by atoms with E-state index in [0.717, 1.165) is 30.1 Å². The van der Waals surface area contributed by atoms with E-state index in [0.29, 0.717) is 16.7 Å². The highest BCUT2D eigenvalue weighted by molar-refractivity contribution is 5.34. The zero-order chi connectivity index (χ0) is 20.2. The molecule has 0 radical (unpaired) electrons. The molecule has 0 spiro atoms. The molecule has 1 N–H and O–H groups in total. The second-order valence-corrected chi connectivity index (χ2v) is 11.9. The van der Waals surface area contributed by atoms with E-state index in [1.54, 1.807) is 5.57 Å². The highest BCUT2D eigenvalue weighted by atomic mass is 16.3. The SMILES string of the molecule is CC(C)CCC[C@](C)(O)[C@H]1CCC2C3CC=C4C=CCC[C@]4(C)C3CC[C@@]21C. The maximum atomic E-state index is 11.5. The maximum Gasteiger partial charge on any atom is 0.0653 e.